The van der Waals surface area contributed by atoms with Gasteiger partial charge in [-0.2, -0.15) is 0 Å². The molecule has 22 heavy (non-hydrogen) atoms. The number of nitrogens with two attached hydrogens (primary N) is 1. The summed E-state index contributed by atoms with van der Waals surface area (Å²) in [7, 11) is 0. The van der Waals surface area contributed by atoms with Gasteiger partial charge >= 0.3 is 0 Å². The first kappa shape index (κ1) is 14.8. The van der Waals surface area contributed by atoms with Crippen LogP contribution in [0.2, 0.25) is 0 Å². The number of carbonyl (C=O) groups is 1. The fraction of sp³-hybridized carbons (Fsp3) is 0.500. The molecule has 3 rings (SSSR count). The zero-order chi connectivity index (χ0) is 15.9. The number of likely N-dealkylation sites (tertiary alicyclic amines) is 1. The van der Waals surface area contributed by atoms with Crippen LogP contribution in [-0.2, 0) is 0 Å². The highest BCUT2D eigenvalue weighted by atomic mass is 16.5. The van der Waals surface area contributed by atoms with E-state index < -0.39 is 0 Å². The van der Waals surface area contributed by atoms with Crippen molar-refractivity contribution in [3.05, 3.63) is 34.8 Å². The van der Waals surface area contributed by atoms with Gasteiger partial charge in [0, 0.05) is 36.6 Å². The topological polar surface area (TPSA) is 77.3 Å². The lowest BCUT2D eigenvalue weighted by molar-refractivity contribution is 0.0740. The van der Waals surface area contributed by atoms with Crippen LogP contribution >= 0.6 is 0 Å². The SMILES string of the molecule is Cc1cc(-n2c(C)cc(C(=O)N3CCCC3CN)c2C)no1. The second-order valence-corrected chi connectivity index (χ2v) is 5.95. The second kappa shape index (κ2) is 5.61. The summed E-state index contributed by atoms with van der Waals surface area (Å²) < 4.78 is 7.11. The highest BCUT2D eigenvalue weighted by Gasteiger charge is 2.30. The van der Waals surface area contributed by atoms with Crippen LogP contribution in [0, 0.1) is 20.8 Å². The second-order valence-electron chi connectivity index (χ2n) is 5.95. The van der Waals surface area contributed by atoms with E-state index in [0.29, 0.717) is 12.4 Å². The summed E-state index contributed by atoms with van der Waals surface area (Å²) in [5.41, 5.74) is 8.36. The van der Waals surface area contributed by atoms with Gasteiger partial charge < -0.3 is 15.2 Å². The molecule has 1 atom stereocenters. The van der Waals surface area contributed by atoms with Crippen LogP contribution in [0.5, 0.6) is 0 Å². The Labute approximate surface area is 129 Å². The van der Waals surface area contributed by atoms with E-state index in [1.54, 1.807) is 0 Å². The Hall–Kier alpha value is -2.08. The van der Waals surface area contributed by atoms with Crippen molar-refractivity contribution < 1.29 is 9.32 Å². The number of nitrogens with zero attached hydrogens (tertiary/aromatic N) is 3. The van der Waals surface area contributed by atoms with E-state index in [1.807, 2.05) is 42.4 Å². The van der Waals surface area contributed by atoms with Gasteiger partial charge in [-0.05, 0) is 39.7 Å². The molecule has 1 amide bonds. The van der Waals surface area contributed by atoms with Gasteiger partial charge in [0.15, 0.2) is 5.82 Å². The number of hydrogen-bond acceptors (Lipinski definition) is 4. The molecule has 1 unspecified atom stereocenters. The maximum Gasteiger partial charge on any atom is 0.255 e. The molecule has 0 aromatic carbocycles. The van der Waals surface area contributed by atoms with Gasteiger partial charge in [0.2, 0.25) is 0 Å². The zero-order valence-corrected chi connectivity index (χ0v) is 13.3. The minimum atomic E-state index is 0.0625. The molecule has 3 heterocycles. The van der Waals surface area contributed by atoms with Gasteiger partial charge in [-0.25, -0.2) is 0 Å². The molecule has 2 aromatic rings. The Morgan fingerprint density at radius 3 is 2.82 bits per heavy atom. The molecule has 118 valence electrons. The maximum atomic E-state index is 12.9. The quantitative estimate of drug-likeness (QED) is 0.940. The number of amides is 1. The minimum Gasteiger partial charge on any atom is -0.360 e. The summed E-state index contributed by atoms with van der Waals surface area (Å²) in [6.45, 7) is 7.07. The molecule has 2 N–H and O–H groups in total. The van der Waals surface area contributed by atoms with Crippen LogP contribution in [-0.4, -0.2) is 39.7 Å². The van der Waals surface area contributed by atoms with Crippen molar-refractivity contribution in [2.75, 3.05) is 13.1 Å². The summed E-state index contributed by atoms with van der Waals surface area (Å²) in [5, 5.41) is 4.05. The number of aryl methyl sites for hydroxylation is 2. The molecule has 0 spiro atoms. The lowest BCUT2D eigenvalue weighted by atomic mass is 10.2. The predicted octanol–water partition coefficient (Wildman–Crippen LogP) is 1.95. The van der Waals surface area contributed by atoms with Crippen LogP contribution in [0.25, 0.3) is 5.82 Å². The van der Waals surface area contributed by atoms with Gasteiger partial charge in [0.25, 0.3) is 5.91 Å². The number of hydrogen-bond donors (Lipinski definition) is 1. The van der Waals surface area contributed by atoms with Crippen LogP contribution in [0.3, 0.4) is 0 Å². The molecular weight excluding hydrogens is 280 g/mol. The predicted molar refractivity (Wildman–Crippen MR) is 83.2 cm³/mol. The van der Waals surface area contributed by atoms with E-state index in [9.17, 15) is 4.79 Å². The largest absolute Gasteiger partial charge is 0.360 e. The fourth-order valence-corrected chi connectivity index (χ4v) is 3.29. The van der Waals surface area contributed by atoms with Gasteiger partial charge in [-0.1, -0.05) is 5.16 Å². The van der Waals surface area contributed by atoms with Crippen molar-refractivity contribution in [1.82, 2.24) is 14.6 Å². The molecular formula is C16H22N4O2. The Morgan fingerprint density at radius 2 is 2.18 bits per heavy atom. The van der Waals surface area contributed by atoms with E-state index in [0.717, 1.165) is 42.1 Å². The van der Waals surface area contributed by atoms with Gasteiger partial charge in [0.05, 0.1) is 5.56 Å². The summed E-state index contributed by atoms with van der Waals surface area (Å²) in [6.07, 6.45) is 2.01. The van der Waals surface area contributed by atoms with E-state index in [2.05, 4.69) is 5.16 Å². The van der Waals surface area contributed by atoms with E-state index >= 15 is 0 Å². The normalized spacial score (nSPS) is 18.2. The Bertz CT molecular complexity index is 701. The van der Waals surface area contributed by atoms with E-state index in [-0.39, 0.29) is 11.9 Å². The van der Waals surface area contributed by atoms with Gasteiger partial charge in [-0.15, -0.1) is 0 Å². The molecule has 0 radical (unpaired) electrons. The number of rotatable bonds is 3. The smallest absolute Gasteiger partial charge is 0.255 e. The highest BCUT2D eigenvalue weighted by Crippen LogP contribution is 2.25. The third-order valence-corrected chi connectivity index (χ3v) is 4.42. The summed E-state index contributed by atoms with van der Waals surface area (Å²) >= 11 is 0. The van der Waals surface area contributed by atoms with Gasteiger partial charge in [-0.3, -0.25) is 9.36 Å². The first-order valence-electron chi connectivity index (χ1n) is 7.66. The average molecular weight is 302 g/mol. The van der Waals surface area contributed by atoms with Crippen molar-refractivity contribution in [3.8, 4) is 5.82 Å². The molecule has 2 aromatic heterocycles. The minimum absolute atomic E-state index is 0.0625. The monoisotopic (exact) mass is 302 g/mol. The summed E-state index contributed by atoms with van der Waals surface area (Å²) in [5.74, 6) is 1.52. The van der Waals surface area contributed by atoms with Crippen molar-refractivity contribution in [2.45, 2.75) is 39.7 Å². The molecule has 1 aliphatic heterocycles. The van der Waals surface area contributed by atoms with Crippen molar-refractivity contribution >= 4 is 5.91 Å². The zero-order valence-electron chi connectivity index (χ0n) is 13.3. The lowest BCUT2D eigenvalue weighted by Gasteiger charge is -2.23. The van der Waals surface area contributed by atoms with Crippen LogP contribution < -0.4 is 5.73 Å². The molecule has 1 aliphatic rings. The molecule has 1 fully saturated rings. The van der Waals surface area contributed by atoms with E-state index in [4.69, 9.17) is 10.3 Å². The first-order chi connectivity index (χ1) is 10.5. The third kappa shape index (κ3) is 2.33. The lowest BCUT2D eigenvalue weighted by Crippen LogP contribution is -2.40. The Kier molecular flexibility index (Phi) is 3.78. The first-order valence-corrected chi connectivity index (χ1v) is 7.66. The average Bonchev–Trinajstić information content (AvgIpc) is 3.18. The van der Waals surface area contributed by atoms with Crippen molar-refractivity contribution in [1.29, 1.82) is 0 Å². The summed E-state index contributed by atoms with van der Waals surface area (Å²) in [4.78, 5) is 14.8. The standard InChI is InChI=1S/C16H22N4O2/c1-10-7-14(16(21)19-6-4-5-13(19)9-17)12(3)20(10)15-8-11(2)22-18-15/h7-8,13H,4-6,9,17H2,1-3H3. The maximum absolute atomic E-state index is 12.9. The molecule has 6 nitrogen and oxygen atoms in total. The number of aromatic nitrogens is 2. The van der Waals surface area contributed by atoms with Crippen molar-refractivity contribution in [2.24, 2.45) is 5.73 Å². The van der Waals surface area contributed by atoms with Crippen LogP contribution in [0.1, 0.15) is 40.3 Å². The number of carbonyl (C=O) groups excluding carboxylic acids is 1. The highest BCUT2D eigenvalue weighted by molar-refractivity contribution is 5.96. The molecule has 1 saturated heterocycles. The summed E-state index contributed by atoms with van der Waals surface area (Å²) in [6, 6.07) is 3.95. The Morgan fingerprint density at radius 1 is 1.41 bits per heavy atom. The van der Waals surface area contributed by atoms with Crippen LogP contribution in [0.4, 0.5) is 0 Å². The van der Waals surface area contributed by atoms with Gasteiger partial charge in [0.1, 0.15) is 5.76 Å². The third-order valence-electron chi connectivity index (χ3n) is 4.42. The van der Waals surface area contributed by atoms with Crippen LogP contribution in [0.15, 0.2) is 16.7 Å². The van der Waals surface area contributed by atoms with E-state index in [1.165, 1.54) is 0 Å². The van der Waals surface area contributed by atoms with Crippen molar-refractivity contribution in [3.63, 3.8) is 0 Å². The fourth-order valence-electron chi connectivity index (χ4n) is 3.29. The molecule has 0 aliphatic carbocycles. The molecule has 0 bridgehead atoms. The Balaban J connectivity index is 1.97. The molecule has 6 heteroatoms. The molecule has 0 saturated carbocycles.